The van der Waals surface area contributed by atoms with Crippen LogP contribution in [0.3, 0.4) is 0 Å². The van der Waals surface area contributed by atoms with Crippen molar-refractivity contribution in [2.45, 2.75) is 37.5 Å². The fourth-order valence-electron chi connectivity index (χ4n) is 6.36. The van der Waals surface area contributed by atoms with Gasteiger partial charge in [0.05, 0.1) is 9.79 Å². The van der Waals surface area contributed by atoms with Crippen molar-refractivity contribution < 1.29 is 35.5 Å². The molecule has 346 valence electrons. The smallest absolute Gasteiger partial charge is 0.294 e. The van der Waals surface area contributed by atoms with Gasteiger partial charge in [-0.1, -0.05) is 59.7 Å². The van der Waals surface area contributed by atoms with Gasteiger partial charge in [-0.2, -0.15) is 26.8 Å². The number of hydrogen-bond donors (Lipinski definition) is 8. The lowest BCUT2D eigenvalue weighted by Gasteiger charge is -2.27. The lowest BCUT2D eigenvalue weighted by atomic mass is 10.0. The van der Waals surface area contributed by atoms with Crippen LogP contribution in [0.5, 0.6) is 0 Å². The van der Waals surface area contributed by atoms with Crippen molar-refractivity contribution in [2.75, 3.05) is 36.8 Å². The first-order valence-electron chi connectivity index (χ1n) is 20.3. The molecule has 0 aliphatic carbocycles. The van der Waals surface area contributed by atoms with Gasteiger partial charge in [-0.05, 0) is 112 Å². The van der Waals surface area contributed by atoms with Gasteiger partial charge in [-0.25, -0.2) is 0 Å². The Balaban J connectivity index is 0.000000301. The van der Waals surface area contributed by atoms with Crippen LogP contribution < -0.4 is 33.6 Å². The second-order valence-corrected chi connectivity index (χ2v) is 17.8. The number of guanidine groups is 2. The first kappa shape index (κ1) is 49.5. The normalized spacial score (nSPS) is 13.9. The summed E-state index contributed by atoms with van der Waals surface area (Å²) < 4.78 is 59.1. The zero-order valence-electron chi connectivity index (χ0n) is 36.6. The number of nitrogens with zero attached hydrogens (tertiary/aromatic N) is 4. The van der Waals surface area contributed by atoms with Crippen molar-refractivity contribution in [3.05, 3.63) is 166 Å². The van der Waals surface area contributed by atoms with Crippen LogP contribution in [-0.2, 0) is 20.2 Å². The second-order valence-electron chi connectivity index (χ2n) is 14.9. The van der Waals surface area contributed by atoms with E-state index in [1.165, 1.54) is 24.3 Å². The predicted molar refractivity (Wildman–Crippen MR) is 257 cm³/mol. The largest absolute Gasteiger partial charge is 0.383 e. The molecule has 12 N–H and O–H groups in total. The molecule has 0 spiro atoms. The number of carbonyl (C=O) groups excluding carboxylic acids is 2. The molecule has 7 rings (SSSR count). The van der Waals surface area contributed by atoms with Crippen molar-refractivity contribution in [1.29, 1.82) is 0 Å². The van der Waals surface area contributed by atoms with Crippen LogP contribution in [-0.4, -0.2) is 85.7 Å². The van der Waals surface area contributed by atoms with Gasteiger partial charge in [0.2, 0.25) is 0 Å². The monoisotopic (exact) mass is 936 g/mol. The Morgan fingerprint density at radius 2 is 0.833 bits per heavy atom. The van der Waals surface area contributed by atoms with Crippen LogP contribution in [0.25, 0.3) is 11.1 Å². The molecule has 0 unspecified atom stereocenters. The number of rotatable bonds is 10. The van der Waals surface area contributed by atoms with E-state index < -0.39 is 20.2 Å². The van der Waals surface area contributed by atoms with E-state index in [-0.39, 0.29) is 21.6 Å². The van der Waals surface area contributed by atoms with E-state index in [0.717, 1.165) is 33.4 Å². The Morgan fingerprint density at radius 1 is 0.530 bits per heavy atom. The van der Waals surface area contributed by atoms with E-state index >= 15 is 0 Å². The molecular formula is C46H52N10O8S2. The molecule has 0 saturated heterocycles. The van der Waals surface area contributed by atoms with Crippen molar-refractivity contribution in [2.24, 2.45) is 32.9 Å². The van der Waals surface area contributed by atoms with Crippen molar-refractivity contribution in [3.8, 4) is 0 Å². The standard InChI is InChI=1S/C32H36N10O2.2C7H8O3S/c1-3-41-17-25(27(33)39-31(41)35)19-9-13-23(14-10-19)37-29(43)21-5-7-22(8-6-21)30(44)38-24-15-11-20(12-16-24)26-18-42(4-2)32(36)40-28(26)34;2*1-6-2-4-7(5-3-6)11(8,9)10/h5-16H,3-4,17-18,33-34H2,1-2H3,(H2,35,39)(H2,36,40)(H,37,43)(H,38,44);2*2-5H,1H3,(H,8,9,10). The summed E-state index contributed by atoms with van der Waals surface area (Å²) in [4.78, 5) is 38.0. The minimum Gasteiger partial charge on any atom is -0.383 e. The molecule has 20 heteroatoms. The van der Waals surface area contributed by atoms with Gasteiger partial charge in [0, 0.05) is 59.8 Å². The Kier molecular flexibility index (Phi) is 16.1. The molecule has 2 amide bonds. The van der Waals surface area contributed by atoms with Crippen LogP contribution in [0.2, 0.25) is 0 Å². The Labute approximate surface area is 383 Å². The average Bonchev–Trinajstić information content (AvgIpc) is 3.27. The summed E-state index contributed by atoms with van der Waals surface area (Å²) in [5, 5.41) is 5.77. The topological polar surface area (TPSA) is 302 Å². The fourth-order valence-corrected chi connectivity index (χ4v) is 7.32. The minimum absolute atomic E-state index is 0.0666. The quantitative estimate of drug-likeness (QED) is 0.0832. The highest BCUT2D eigenvalue weighted by atomic mass is 32.2. The zero-order chi connectivity index (χ0) is 48.3. The number of anilines is 2. The SMILES string of the molecule is CCN1CC(c2ccc(NC(=O)c3ccc(C(=O)Nc4ccc(C5=C(N)N=C(N)N(CC)C5)cc4)cc3)cc2)=C(N)N=C1N.Cc1ccc(S(=O)(=O)O)cc1.Cc1ccc(S(=O)(=O)O)cc1. The highest BCUT2D eigenvalue weighted by Crippen LogP contribution is 2.26. The van der Waals surface area contributed by atoms with E-state index in [2.05, 4.69) is 20.6 Å². The summed E-state index contributed by atoms with van der Waals surface area (Å²) in [6, 6.07) is 33.2. The lowest BCUT2D eigenvalue weighted by molar-refractivity contribution is 0.101. The molecule has 0 atom stereocenters. The summed E-state index contributed by atoms with van der Waals surface area (Å²) >= 11 is 0. The summed E-state index contributed by atoms with van der Waals surface area (Å²) in [6.45, 7) is 10.2. The summed E-state index contributed by atoms with van der Waals surface area (Å²) in [5.41, 5.74) is 31.6. The van der Waals surface area contributed by atoms with E-state index in [0.29, 0.717) is 72.2 Å². The molecule has 0 aromatic heterocycles. The van der Waals surface area contributed by atoms with Crippen LogP contribution in [0.15, 0.2) is 153 Å². The molecule has 0 radical (unpaired) electrons. The number of amides is 2. The van der Waals surface area contributed by atoms with Gasteiger partial charge in [0.1, 0.15) is 11.6 Å². The van der Waals surface area contributed by atoms with Gasteiger partial charge in [0.25, 0.3) is 32.1 Å². The number of nitrogens with one attached hydrogen (secondary N) is 2. The number of aliphatic imine (C=N–C) groups is 2. The van der Waals surface area contributed by atoms with E-state index in [1.807, 2.05) is 61.8 Å². The molecule has 0 saturated carbocycles. The van der Waals surface area contributed by atoms with Gasteiger partial charge in [-0.15, -0.1) is 0 Å². The average molecular weight is 937 g/mol. The first-order valence-corrected chi connectivity index (χ1v) is 23.2. The molecule has 5 aromatic carbocycles. The van der Waals surface area contributed by atoms with Gasteiger partial charge in [-0.3, -0.25) is 18.7 Å². The number of likely N-dealkylation sites (N-methyl/N-ethyl adjacent to an activating group) is 2. The van der Waals surface area contributed by atoms with Crippen molar-refractivity contribution in [3.63, 3.8) is 0 Å². The zero-order valence-corrected chi connectivity index (χ0v) is 38.3. The molecule has 0 bridgehead atoms. The molecular weight excluding hydrogens is 885 g/mol. The maximum Gasteiger partial charge on any atom is 0.294 e. The third-order valence-electron chi connectivity index (χ3n) is 10.2. The van der Waals surface area contributed by atoms with Crippen molar-refractivity contribution >= 4 is 66.5 Å². The molecule has 5 aromatic rings. The van der Waals surface area contributed by atoms with E-state index in [4.69, 9.17) is 32.0 Å². The summed E-state index contributed by atoms with van der Waals surface area (Å²) in [7, 11) is -8.04. The number of nitrogens with two attached hydrogens (primary N) is 4. The maximum absolute atomic E-state index is 12.9. The third-order valence-corrected chi connectivity index (χ3v) is 12.0. The second kappa shape index (κ2) is 21.4. The fraction of sp³-hybridized carbons (Fsp3) is 0.174. The Morgan fingerprint density at radius 3 is 1.11 bits per heavy atom. The number of benzene rings is 5. The van der Waals surface area contributed by atoms with Crippen LogP contribution >= 0.6 is 0 Å². The van der Waals surface area contributed by atoms with Crippen LogP contribution in [0, 0.1) is 13.8 Å². The molecule has 0 fully saturated rings. The summed E-state index contributed by atoms with van der Waals surface area (Å²) in [6.07, 6.45) is 0. The van der Waals surface area contributed by atoms with E-state index in [9.17, 15) is 26.4 Å². The number of aryl methyl sites for hydroxylation is 2. The van der Waals surface area contributed by atoms with Crippen LogP contribution in [0.1, 0.15) is 56.8 Å². The third kappa shape index (κ3) is 13.3. The summed E-state index contributed by atoms with van der Waals surface area (Å²) in [5.74, 6) is 0.986. The molecule has 66 heavy (non-hydrogen) atoms. The Hall–Kier alpha value is -7.52. The number of carbonyl (C=O) groups is 2. The lowest BCUT2D eigenvalue weighted by Crippen LogP contribution is -2.41. The van der Waals surface area contributed by atoms with E-state index in [1.54, 1.807) is 72.8 Å². The number of hydrogen-bond acceptors (Lipinski definition) is 14. The molecule has 2 aliphatic rings. The highest BCUT2D eigenvalue weighted by molar-refractivity contribution is 7.86. The molecule has 2 heterocycles. The predicted octanol–water partition coefficient (Wildman–Crippen LogP) is 5.23. The molecule has 18 nitrogen and oxygen atoms in total. The van der Waals surface area contributed by atoms with Gasteiger partial charge < -0.3 is 43.4 Å². The van der Waals surface area contributed by atoms with Gasteiger partial charge >= 0.3 is 0 Å². The first-order chi connectivity index (χ1) is 31.2. The minimum atomic E-state index is -4.02. The maximum atomic E-state index is 12.9. The van der Waals surface area contributed by atoms with Gasteiger partial charge in [0.15, 0.2) is 11.9 Å². The van der Waals surface area contributed by atoms with Crippen molar-refractivity contribution in [1.82, 2.24) is 9.80 Å². The highest BCUT2D eigenvalue weighted by Gasteiger charge is 2.21. The van der Waals surface area contributed by atoms with Crippen LogP contribution in [0.4, 0.5) is 11.4 Å². The molecule has 2 aliphatic heterocycles. The Bertz CT molecular complexity index is 2700.